The summed E-state index contributed by atoms with van der Waals surface area (Å²) in [7, 11) is 0. The van der Waals surface area contributed by atoms with Gasteiger partial charge in [-0.1, -0.05) is 18.5 Å². The molecule has 0 unspecified atom stereocenters. The Labute approximate surface area is 151 Å². The van der Waals surface area contributed by atoms with E-state index in [0.717, 1.165) is 16.3 Å². The zero-order chi connectivity index (χ0) is 17.5. The van der Waals surface area contributed by atoms with Crippen LogP contribution in [0.2, 0.25) is 5.02 Å². The van der Waals surface area contributed by atoms with Crippen molar-refractivity contribution in [3.05, 3.63) is 38.8 Å². The Morgan fingerprint density at radius 1 is 1.33 bits per heavy atom. The Morgan fingerprint density at radius 3 is 2.75 bits per heavy atom. The molecule has 0 aliphatic rings. The minimum absolute atomic E-state index is 0.217. The summed E-state index contributed by atoms with van der Waals surface area (Å²) in [5.41, 5.74) is 0.438. The maximum absolute atomic E-state index is 12.4. The van der Waals surface area contributed by atoms with Crippen LogP contribution in [0, 0.1) is 6.92 Å². The third kappa shape index (κ3) is 4.85. The number of halogens is 1. The van der Waals surface area contributed by atoms with E-state index in [1.54, 1.807) is 29.7 Å². The van der Waals surface area contributed by atoms with Gasteiger partial charge in [0.2, 0.25) is 0 Å². The zero-order valence-corrected chi connectivity index (χ0v) is 15.6. The van der Waals surface area contributed by atoms with Crippen molar-refractivity contribution < 1.29 is 14.3 Å². The molecule has 0 aliphatic heterocycles. The Bertz CT molecular complexity index is 703. The smallest absolute Gasteiger partial charge is 0.251 e. The van der Waals surface area contributed by atoms with Crippen molar-refractivity contribution in [2.24, 2.45) is 0 Å². The summed E-state index contributed by atoms with van der Waals surface area (Å²) in [5.74, 6) is 0.748. The number of nitrogens with one attached hydrogen (secondary N) is 1. The molecule has 1 amide bonds. The lowest BCUT2D eigenvalue weighted by atomic mass is 10.2. The van der Waals surface area contributed by atoms with Crippen molar-refractivity contribution in [2.75, 3.05) is 13.2 Å². The second-order valence-electron chi connectivity index (χ2n) is 5.10. The lowest BCUT2D eigenvalue weighted by Gasteiger charge is -2.14. The highest BCUT2D eigenvalue weighted by Gasteiger charge is 2.16. The molecule has 0 saturated heterocycles. The van der Waals surface area contributed by atoms with Crippen LogP contribution < -0.4 is 14.8 Å². The number of nitrogens with zero attached hydrogens (tertiary/aromatic N) is 1. The fourth-order valence-corrected chi connectivity index (χ4v) is 3.06. The van der Waals surface area contributed by atoms with Crippen LogP contribution in [0.15, 0.2) is 18.3 Å². The maximum Gasteiger partial charge on any atom is 0.251 e. The van der Waals surface area contributed by atoms with Gasteiger partial charge < -0.3 is 14.8 Å². The predicted molar refractivity (Wildman–Crippen MR) is 96.4 cm³/mol. The summed E-state index contributed by atoms with van der Waals surface area (Å²) in [6.45, 7) is 7.24. The van der Waals surface area contributed by atoms with E-state index in [0.29, 0.717) is 41.8 Å². The molecule has 0 bridgehead atoms. The summed E-state index contributed by atoms with van der Waals surface area (Å²) < 4.78 is 11.2. The fraction of sp³-hybridized carbons (Fsp3) is 0.412. The summed E-state index contributed by atoms with van der Waals surface area (Å²) in [4.78, 5) is 17.5. The SMILES string of the molecule is CCCOc1c(Cl)cc(C(=O)NCc2cnc(C)s2)cc1OCC. The second kappa shape index (κ2) is 8.89. The van der Waals surface area contributed by atoms with Gasteiger partial charge in [0.15, 0.2) is 11.5 Å². The molecule has 0 atom stereocenters. The van der Waals surface area contributed by atoms with E-state index >= 15 is 0 Å². The first kappa shape index (κ1) is 18.5. The number of thiazole rings is 1. The van der Waals surface area contributed by atoms with E-state index in [1.165, 1.54) is 0 Å². The molecular formula is C17H21ClN2O3S. The van der Waals surface area contributed by atoms with Gasteiger partial charge in [0, 0.05) is 16.6 Å². The number of carbonyl (C=O) groups is 1. The van der Waals surface area contributed by atoms with Gasteiger partial charge in [0.25, 0.3) is 5.91 Å². The Balaban J connectivity index is 2.14. The monoisotopic (exact) mass is 368 g/mol. The molecule has 0 radical (unpaired) electrons. The average Bonchev–Trinajstić information content (AvgIpc) is 2.97. The molecular weight excluding hydrogens is 348 g/mol. The van der Waals surface area contributed by atoms with Crippen molar-refractivity contribution in [3.8, 4) is 11.5 Å². The van der Waals surface area contributed by atoms with Gasteiger partial charge in [-0.2, -0.15) is 0 Å². The summed E-state index contributed by atoms with van der Waals surface area (Å²) in [6.07, 6.45) is 2.62. The van der Waals surface area contributed by atoms with Crippen LogP contribution in [0.3, 0.4) is 0 Å². The first-order valence-electron chi connectivity index (χ1n) is 7.83. The Morgan fingerprint density at radius 2 is 2.12 bits per heavy atom. The third-order valence-corrected chi connectivity index (χ3v) is 4.31. The molecule has 0 fully saturated rings. The molecule has 24 heavy (non-hydrogen) atoms. The van der Waals surface area contributed by atoms with E-state index in [1.807, 2.05) is 20.8 Å². The van der Waals surface area contributed by atoms with Crippen LogP contribution in [-0.4, -0.2) is 24.1 Å². The summed E-state index contributed by atoms with van der Waals surface area (Å²) in [6, 6.07) is 3.26. The first-order chi connectivity index (χ1) is 11.5. The number of amides is 1. The van der Waals surface area contributed by atoms with Crippen molar-refractivity contribution in [3.63, 3.8) is 0 Å². The van der Waals surface area contributed by atoms with E-state index in [-0.39, 0.29) is 5.91 Å². The fourth-order valence-electron chi connectivity index (χ4n) is 2.06. The van der Waals surface area contributed by atoms with Crippen molar-refractivity contribution in [1.29, 1.82) is 0 Å². The van der Waals surface area contributed by atoms with Gasteiger partial charge in [0.05, 0.1) is 29.8 Å². The number of hydrogen-bond donors (Lipinski definition) is 1. The quantitative estimate of drug-likeness (QED) is 0.757. The topological polar surface area (TPSA) is 60.5 Å². The van der Waals surface area contributed by atoms with Crippen LogP contribution in [0.25, 0.3) is 0 Å². The van der Waals surface area contributed by atoms with E-state index in [9.17, 15) is 4.79 Å². The van der Waals surface area contributed by atoms with Crippen LogP contribution in [0.1, 0.15) is 40.5 Å². The molecule has 2 aromatic rings. The van der Waals surface area contributed by atoms with Gasteiger partial charge in [-0.3, -0.25) is 4.79 Å². The molecule has 1 aromatic carbocycles. The van der Waals surface area contributed by atoms with Gasteiger partial charge >= 0.3 is 0 Å². The van der Waals surface area contributed by atoms with Crippen molar-refractivity contribution in [1.82, 2.24) is 10.3 Å². The van der Waals surface area contributed by atoms with Gasteiger partial charge in [-0.05, 0) is 32.4 Å². The van der Waals surface area contributed by atoms with E-state index in [4.69, 9.17) is 21.1 Å². The lowest BCUT2D eigenvalue weighted by Crippen LogP contribution is -2.22. The molecule has 0 saturated carbocycles. The summed E-state index contributed by atoms with van der Waals surface area (Å²) >= 11 is 7.83. The third-order valence-electron chi connectivity index (χ3n) is 3.11. The summed E-state index contributed by atoms with van der Waals surface area (Å²) in [5, 5.41) is 4.20. The zero-order valence-electron chi connectivity index (χ0n) is 14.0. The minimum atomic E-state index is -0.217. The molecule has 1 heterocycles. The predicted octanol–water partition coefficient (Wildman–Crippen LogP) is 4.22. The van der Waals surface area contributed by atoms with Crippen molar-refractivity contribution >= 4 is 28.8 Å². The average molecular weight is 369 g/mol. The largest absolute Gasteiger partial charge is 0.490 e. The van der Waals surface area contributed by atoms with Gasteiger partial charge in [-0.15, -0.1) is 11.3 Å². The molecule has 1 N–H and O–H groups in total. The van der Waals surface area contributed by atoms with Crippen molar-refractivity contribution in [2.45, 2.75) is 33.7 Å². The highest BCUT2D eigenvalue weighted by atomic mass is 35.5. The number of aryl methyl sites for hydroxylation is 1. The normalized spacial score (nSPS) is 10.5. The Kier molecular flexibility index (Phi) is 6.87. The molecule has 5 nitrogen and oxygen atoms in total. The van der Waals surface area contributed by atoms with E-state index in [2.05, 4.69) is 10.3 Å². The molecule has 130 valence electrons. The molecule has 0 aliphatic carbocycles. The molecule has 0 spiro atoms. The number of hydrogen-bond acceptors (Lipinski definition) is 5. The molecule has 2 rings (SSSR count). The minimum Gasteiger partial charge on any atom is -0.490 e. The number of benzene rings is 1. The number of ether oxygens (including phenoxy) is 2. The molecule has 7 heteroatoms. The Hall–Kier alpha value is -1.79. The van der Waals surface area contributed by atoms with E-state index < -0.39 is 0 Å². The van der Waals surface area contributed by atoms with Crippen LogP contribution in [-0.2, 0) is 6.54 Å². The number of aromatic nitrogens is 1. The van der Waals surface area contributed by atoms with Crippen LogP contribution in [0.5, 0.6) is 11.5 Å². The number of carbonyl (C=O) groups excluding carboxylic acids is 1. The van der Waals surface area contributed by atoms with Gasteiger partial charge in [-0.25, -0.2) is 4.98 Å². The highest BCUT2D eigenvalue weighted by Crippen LogP contribution is 2.36. The molecule has 1 aromatic heterocycles. The first-order valence-corrected chi connectivity index (χ1v) is 9.03. The lowest BCUT2D eigenvalue weighted by molar-refractivity contribution is 0.0950. The van der Waals surface area contributed by atoms with Crippen LogP contribution in [0.4, 0.5) is 0 Å². The standard InChI is InChI=1S/C17H21ClN2O3S/c1-4-6-23-16-14(18)7-12(8-15(16)22-5-2)17(21)20-10-13-9-19-11(3)24-13/h7-9H,4-6,10H2,1-3H3,(H,20,21). The van der Waals surface area contributed by atoms with Gasteiger partial charge in [0.1, 0.15) is 0 Å². The second-order valence-corrected chi connectivity index (χ2v) is 6.82. The van der Waals surface area contributed by atoms with Crippen LogP contribution >= 0.6 is 22.9 Å². The number of rotatable bonds is 8. The maximum atomic E-state index is 12.4. The highest BCUT2D eigenvalue weighted by molar-refractivity contribution is 7.11.